The third kappa shape index (κ3) is 3.70. The van der Waals surface area contributed by atoms with Crippen molar-refractivity contribution >= 4 is 23.6 Å². The van der Waals surface area contributed by atoms with Gasteiger partial charge in [-0.25, -0.2) is 0 Å². The molecule has 5 nitrogen and oxygen atoms in total. The number of nitrogens with zero attached hydrogens (tertiary/aromatic N) is 2. The van der Waals surface area contributed by atoms with Crippen LogP contribution < -0.4 is 0 Å². The van der Waals surface area contributed by atoms with E-state index in [9.17, 15) is 9.59 Å². The second-order valence-electron chi connectivity index (χ2n) is 4.32. The smallest absolute Gasteiger partial charge is 0.310 e. The van der Waals surface area contributed by atoms with Crippen LogP contribution in [-0.2, 0) is 14.3 Å². The molecule has 0 aromatic carbocycles. The maximum atomic E-state index is 12.0. The highest BCUT2D eigenvalue weighted by Gasteiger charge is 2.31. The fraction of sp³-hybridized carbons (Fsp3) is 0.462. The highest BCUT2D eigenvalue weighted by atomic mass is 32.2. The molecule has 0 saturated carbocycles. The van der Waals surface area contributed by atoms with Gasteiger partial charge in [-0.2, -0.15) is 0 Å². The molecule has 1 unspecified atom stereocenters. The van der Waals surface area contributed by atoms with E-state index in [0.29, 0.717) is 25.3 Å². The normalized spacial score (nSPS) is 18.4. The highest BCUT2D eigenvalue weighted by molar-refractivity contribution is 8.00. The molecule has 0 bridgehead atoms. The first-order valence-electron chi connectivity index (χ1n) is 6.09. The van der Waals surface area contributed by atoms with Gasteiger partial charge in [0.15, 0.2) is 0 Å². The third-order valence-electron chi connectivity index (χ3n) is 3.09. The molecule has 1 aliphatic rings. The van der Waals surface area contributed by atoms with Crippen molar-refractivity contribution in [3.05, 3.63) is 24.5 Å². The number of likely N-dealkylation sites (tertiary alicyclic amines) is 1. The summed E-state index contributed by atoms with van der Waals surface area (Å²) in [5.41, 5.74) is 0. The monoisotopic (exact) mass is 280 g/mol. The van der Waals surface area contributed by atoms with Crippen LogP contribution in [0.4, 0.5) is 0 Å². The van der Waals surface area contributed by atoms with Gasteiger partial charge in [-0.3, -0.25) is 14.6 Å². The number of pyridine rings is 1. The number of hydrogen-bond acceptors (Lipinski definition) is 5. The molecule has 0 N–H and O–H groups in total. The van der Waals surface area contributed by atoms with E-state index in [-0.39, 0.29) is 17.8 Å². The molecular weight excluding hydrogens is 264 g/mol. The van der Waals surface area contributed by atoms with Gasteiger partial charge < -0.3 is 9.64 Å². The van der Waals surface area contributed by atoms with Gasteiger partial charge in [0.05, 0.1) is 18.8 Å². The quantitative estimate of drug-likeness (QED) is 0.612. The van der Waals surface area contributed by atoms with Crippen molar-refractivity contribution in [1.82, 2.24) is 9.88 Å². The Morgan fingerprint density at radius 3 is 2.89 bits per heavy atom. The largest absolute Gasteiger partial charge is 0.469 e. The van der Waals surface area contributed by atoms with Crippen LogP contribution in [0.3, 0.4) is 0 Å². The van der Waals surface area contributed by atoms with Crippen LogP contribution in [0.5, 0.6) is 0 Å². The Hall–Kier alpha value is -1.56. The van der Waals surface area contributed by atoms with Gasteiger partial charge >= 0.3 is 5.97 Å². The van der Waals surface area contributed by atoms with E-state index in [1.54, 1.807) is 17.3 Å². The standard InChI is InChI=1S/C13H16N2O3S/c1-18-13(17)10-4-7-15(8-10)12(16)9-19-11-2-5-14-6-3-11/h2-3,5-6,10H,4,7-9H2,1H3. The minimum atomic E-state index is -0.225. The first kappa shape index (κ1) is 13.9. The minimum absolute atomic E-state index is 0.0632. The van der Waals surface area contributed by atoms with Gasteiger partial charge in [0.2, 0.25) is 5.91 Å². The third-order valence-corrected chi connectivity index (χ3v) is 4.08. The van der Waals surface area contributed by atoms with Crippen LogP contribution in [0, 0.1) is 5.92 Å². The van der Waals surface area contributed by atoms with Crippen LogP contribution in [0.15, 0.2) is 29.4 Å². The van der Waals surface area contributed by atoms with E-state index in [0.717, 1.165) is 4.90 Å². The van der Waals surface area contributed by atoms with Crippen molar-refractivity contribution in [3.8, 4) is 0 Å². The zero-order valence-electron chi connectivity index (χ0n) is 10.7. The number of carbonyl (C=O) groups excluding carboxylic acids is 2. The summed E-state index contributed by atoms with van der Waals surface area (Å²) in [5, 5.41) is 0. The first-order chi connectivity index (χ1) is 9.20. The fourth-order valence-corrected chi connectivity index (χ4v) is 2.80. The van der Waals surface area contributed by atoms with Crippen LogP contribution in [0.1, 0.15) is 6.42 Å². The van der Waals surface area contributed by atoms with Gasteiger partial charge in [0.1, 0.15) is 0 Å². The molecule has 1 aromatic rings. The van der Waals surface area contributed by atoms with Crippen LogP contribution in [0.25, 0.3) is 0 Å². The molecule has 19 heavy (non-hydrogen) atoms. The Bertz CT molecular complexity index is 452. The lowest BCUT2D eigenvalue weighted by atomic mass is 10.1. The number of aromatic nitrogens is 1. The second kappa shape index (κ2) is 6.56. The first-order valence-corrected chi connectivity index (χ1v) is 7.07. The Balaban J connectivity index is 1.80. The molecule has 6 heteroatoms. The Morgan fingerprint density at radius 2 is 2.21 bits per heavy atom. The Kier molecular flexibility index (Phi) is 4.79. The molecule has 102 valence electrons. The Labute approximate surface area is 116 Å². The number of ether oxygens (including phenoxy) is 1. The van der Waals surface area contributed by atoms with E-state index < -0.39 is 0 Å². The predicted molar refractivity (Wildman–Crippen MR) is 71.7 cm³/mol. The topological polar surface area (TPSA) is 59.5 Å². The van der Waals surface area contributed by atoms with Gasteiger partial charge in [0, 0.05) is 30.4 Å². The van der Waals surface area contributed by atoms with Crippen molar-refractivity contribution in [2.24, 2.45) is 5.92 Å². The summed E-state index contributed by atoms with van der Waals surface area (Å²) in [7, 11) is 1.38. The van der Waals surface area contributed by atoms with Crippen LogP contribution >= 0.6 is 11.8 Å². The van der Waals surface area contributed by atoms with Crippen molar-refractivity contribution in [2.75, 3.05) is 26.0 Å². The maximum absolute atomic E-state index is 12.0. The van der Waals surface area contributed by atoms with Gasteiger partial charge in [-0.1, -0.05) is 0 Å². The molecule has 1 amide bonds. The molecule has 2 heterocycles. The van der Waals surface area contributed by atoms with Gasteiger partial charge in [-0.15, -0.1) is 11.8 Å². The number of thioether (sulfide) groups is 1. The Morgan fingerprint density at radius 1 is 1.47 bits per heavy atom. The fourth-order valence-electron chi connectivity index (χ4n) is 2.02. The lowest BCUT2D eigenvalue weighted by Gasteiger charge is -2.15. The molecule has 0 aliphatic carbocycles. The lowest BCUT2D eigenvalue weighted by Crippen LogP contribution is -2.31. The molecular formula is C13H16N2O3S. The molecule has 1 atom stereocenters. The molecule has 1 fully saturated rings. The van der Waals surface area contributed by atoms with E-state index in [4.69, 9.17) is 4.74 Å². The van der Waals surface area contributed by atoms with E-state index in [1.165, 1.54) is 18.9 Å². The zero-order chi connectivity index (χ0) is 13.7. The highest BCUT2D eigenvalue weighted by Crippen LogP contribution is 2.21. The number of hydrogen-bond donors (Lipinski definition) is 0. The number of carbonyl (C=O) groups is 2. The van der Waals surface area contributed by atoms with Crippen LogP contribution in [-0.4, -0.2) is 47.7 Å². The van der Waals surface area contributed by atoms with Crippen molar-refractivity contribution in [2.45, 2.75) is 11.3 Å². The van der Waals surface area contributed by atoms with E-state index >= 15 is 0 Å². The molecule has 2 rings (SSSR count). The predicted octanol–water partition coefficient (Wildman–Crippen LogP) is 1.20. The number of esters is 1. The van der Waals surface area contributed by atoms with Crippen LogP contribution in [0.2, 0.25) is 0 Å². The SMILES string of the molecule is COC(=O)C1CCN(C(=O)CSc2ccncc2)C1. The molecule has 0 radical (unpaired) electrons. The van der Waals surface area contributed by atoms with E-state index in [1.807, 2.05) is 12.1 Å². The average Bonchev–Trinajstić information content (AvgIpc) is 2.95. The summed E-state index contributed by atoms with van der Waals surface area (Å²) >= 11 is 1.48. The molecule has 0 spiro atoms. The second-order valence-corrected chi connectivity index (χ2v) is 5.37. The average molecular weight is 280 g/mol. The van der Waals surface area contributed by atoms with Gasteiger partial charge in [-0.05, 0) is 18.6 Å². The summed E-state index contributed by atoms with van der Waals surface area (Å²) in [6.07, 6.45) is 4.10. The number of amides is 1. The summed E-state index contributed by atoms with van der Waals surface area (Å²) < 4.78 is 4.70. The molecule has 1 aliphatic heterocycles. The van der Waals surface area contributed by atoms with Crippen molar-refractivity contribution in [1.29, 1.82) is 0 Å². The number of rotatable bonds is 4. The number of methoxy groups -OCH3 is 1. The minimum Gasteiger partial charge on any atom is -0.469 e. The summed E-state index contributed by atoms with van der Waals surface area (Å²) in [6.45, 7) is 1.11. The van der Waals surface area contributed by atoms with Crippen molar-refractivity contribution in [3.63, 3.8) is 0 Å². The summed E-state index contributed by atoms with van der Waals surface area (Å²) in [6, 6.07) is 3.75. The lowest BCUT2D eigenvalue weighted by molar-refractivity contribution is -0.145. The summed E-state index contributed by atoms with van der Waals surface area (Å²) in [5.74, 6) is 0.0583. The molecule has 1 aromatic heterocycles. The van der Waals surface area contributed by atoms with Gasteiger partial charge in [0.25, 0.3) is 0 Å². The molecule has 1 saturated heterocycles. The summed E-state index contributed by atoms with van der Waals surface area (Å²) in [4.78, 5) is 30.1. The van der Waals surface area contributed by atoms with Crippen molar-refractivity contribution < 1.29 is 14.3 Å². The van der Waals surface area contributed by atoms with E-state index in [2.05, 4.69) is 4.98 Å². The maximum Gasteiger partial charge on any atom is 0.310 e. The zero-order valence-corrected chi connectivity index (χ0v) is 11.6.